The predicted octanol–water partition coefficient (Wildman–Crippen LogP) is 4.61. The van der Waals surface area contributed by atoms with E-state index in [0.29, 0.717) is 34.9 Å². The Hall–Kier alpha value is -4.33. The molecule has 8 nitrogen and oxygen atoms in total. The Morgan fingerprint density at radius 3 is 2.36 bits per heavy atom. The SMILES string of the molecule is CCOC(=O)c1ccc(NC(=O)C[C@@H](c2ccc(OC)c(OC)c2)N2Cc3ccccc3C2=O)cc1. The Labute approximate surface area is 209 Å². The van der Waals surface area contributed by atoms with Gasteiger partial charge in [-0.15, -0.1) is 0 Å². The Kier molecular flexibility index (Phi) is 7.53. The molecule has 1 N–H and O–H groups in total. The highest BCUT2D eigenvalue weighted by Gasteiger charge is 2.35. The number of rotatable bonds is 9. The first-order valence-electron chi connectivity index (χ1n) is 11.6. The monoisotopic (exact) mass is 488 g/mol. The van der Waals surface area contributed by atoms with Crippen LogP contribution >= 0.6 is 0 Å². The van der Waals surface area contributed by atoms with Gasteiger partial charge in [0.05, 0.1) is 38.9 Å². The average molecular weight is 489 g/mol. The molecule has 4 rings (SSSR count). The van der Waals surface area contributed by atoms with Gasteiger partial charge in [0.1, 0.15) is 0 Å². The van der Waals surface area contributed by atoms with E-state index in [-0.39, 0.29) is 24.8 Å². The van der Waals surface area contributed by atoms with Crippen LogP contribution in [-0.2, 0) is 16.1 Å². The van der Waals surface area contributed by atoms with E-state index < -0.39 is 12.0 Å². The van der Waals surface area contributed by atoms with Crippen molar-refractivity contribution in [3.05, 3.63) is 89.0 Å². The number of esters is 1. The number of ether oxygens (including phenoxy) is 3. The fraction of sp³-hybridized carbons (Fsp3) is 0.250. The number of hydrogen-bond donors (Lipinski definition) is 1. The van der Waals surface area contributed by atoms with Gasteiger partial charge >= 0.3 is 5.97 Å². The summed E-state index contributed by atoms with van der Waals surface area (Å²) in [5.41, 5.74) is 3.25. The maximum Gasteiger partial charge on any atom is 0.338 e. The van der Waals surface area contributed by atoms with Crippen LogP contribution in [0.15, 0.2) is 66.7 Å². The molecular weight excluding hydrogens is 460 g/mol. The first-order valence-corrected chi connectivity index (χ1v) is 11.6. The van der Waals surface area contributed by atoms with Gasteiger partial charge in [0.15, 0.2) is 11.5 Å². The normalized spacial score (nSPS) is 13.1. The minimum atomic E-state index is -0.538. The van der Waals surface area contributed by atoms with Crippen molar-refractivity contribution in [2.24, 2.45) is 0 Å². The fourth-order valence-electron chi connectivity index (χ4n) is 4.29. The molecular formula is C28H28N2O6. The van der Waals surface area contributed by atoms with Gasteiger partial charge in [0.2, 0.25) is 5.91 Å². The summed E-state index contributed by atoms with van der Waals surface area (Å²) in [4.78, 5) is 40.0. The third-order valence-corrected chi connectivity index (χ3v) is 6.08. The van der Waals surface area contributed by atoms with Gasteiger partial charge in [0, 0.05) is 17.8 Å². The second kappa shape index (κ2) is 10.9. The summed E-state index contributed by atoms with van der Waals surface area (Å²) in [6, 6.07) is 18.8. The predicted molar refractivity (Wildman–Crippen MR) is 134 cm³/mol. The molecule has 0 aromatic heterocycles. The molecule has 3 aromatic carbocycles. The molecule has 0 saturated heterocycles. The van der Waals surface area contributed by atoms with Gasteiger partial charge in [-0.3, -0.25) is 9.59 Å². The molecule has 0 spiro atoms. The number of nitrogens with one attached hydrogen (secondary N) is 1. The third-order valence-electron chi connectivity index (χ3n) is 6.08. The Bertz CT molecular complexity index is 1270. The van der Waals surface area contributed by atoms with Gasteiger partial charge in [-0.1, -0.05) is 24.3 Å². The number of anilines is 1. The quantitative estimate of drug-likeness (QED) is 0.442. The number of nitrogens with zero attached hydrogens (tertiary/aromatic N) is 1. The van der Waals surface area contributed by atoms with Crippen molar-refractivity contribution in [3.63, 3.8) is 0 Å². The van der Waals surface area contributed by atoms with Crippen molar-refractivity contribution in [1.82, 2.24) is 4.90 Å². The van der Waals surface area contributed by atoms with E-state index in [1.165, 1.54) is 0 Å². The minimum Gasteiger partial charge on any atom is -0.493 e. The smallest absolute Gasteiger partial charge is 0.338 e. The topological polar surface area (TPSA) is 94.2 Å². The lowest BCUT2D eigenvalue weighted by Crippen LogP contribution is -2.32. The highest BCUT2D eigenvalue weighted by Crippen LogP contribution is 2.37. The first-order chi connectivity index (χ1) is 17.4. The number of hydrogen-bond acceptors (Lipinski definition) is 6. The summed E-state index contributed by atoms with van der Waals surface area (Å²) in [5.74, 6) is 0.247. The second-order valence-electron chi connectivity index (χ2n) is 8.27. The molecule has 0 fully saturated rings. The van der Waals surface area contributed by atoms with Crippen LogP contribution in [0.25, 0.3) is 0 Å². The van der Waals surface area contributed by atoms with E-state index in [1.807, 2.05) is 24.3 Å². The lowest BCUT2D eigenvalue weighted by Gasteiger charge is -2.28. The van der Waals surface area contributed by atoms with Crippen molar-refractivity contribution in [2.75, 3.05) is 26.1 Å². The summed E-state index contributed by atoms with van der Waals surface area (Å²) in [5, 5.41) is 2.87. The Morgan fingerprint density at radius 1 is 0.972 bits per heavy atom. The van der Waals surface area contributed by atoms with E-state index >= 15 is 0 Å². The minimum absolute atomic E-state index is 0.0227. The molecule has 0 unspecified atom stereocenters. The molecule has 36 heavy (non-hydrogen) atoms. The van der Waals surface area contributed by atoms with Gasteiger partial charge in [-0.2, -0.15) is 0 Å². The Morgan fingerprint density at radius 2 is 1.69 bits per heavy atom. The zero-order valence-electron chi connectivity index (χ0n) is 20.4. The van der Waals surface area contributed by atoms with Crippen molar-refractivity contribution in [2.45, 2.75) is 25.9 Å². The van der Waals surface area contributed by atoms with E-state index in [9.17, 15) is 14.4 Å². The molecule has 3 aromatic rings. The maximum absolute atomic E-state index is 13.3. The highest BCUT2D eigenvalue weighted by atomic mass is 16.5. The third kappa shape index (κ3) is 5.17. The van der Waals surface area contributed by atoms with Crippen LogP contribution in [0.2, 0.25) is 0 Å². The first kappa shape index (κ1) is 24.8. The number of amides is 2. The average Bonchev–Trinajstić information content (AvgIpc) is 3.23. The summed E-state index contributed by atoms with van der Waals surface area (Å²) in [7, 11) is 3.09. The molecule has 0 saturated carbocycles. The van der Waals surface area contributed by atoms with E-state index in [2.05, 4.69) is 5.32 Å². The van der Waals surface area contributed by atoms with Crippen LogP contribution in [0.3, 0.4) is 0 Å². The Balaban J connectivity index is 1.58. The van der Waals surface area contributed by atoms with Crippen LogP contribution in [0, 0.1) is 0 Å². The molecule has 1 atom stereocenters. The van der Waals surface area contributed by atoms with Crippen molar-refractivity contribution in [3.8, 4) is 11.5 Å². The lowest BCUT2D eigenvalue weighted by atomic mass is 10.0. The summed E-state index contributed by atoms with van der Waals surface area (Å²) in [6.45, 7) is 2.43. The molecule has 2 amide bonds. The molecule has 186 valence electrons. The zero-order valence-corrected chi connectivity index (χ0v) is 20.4. The second-order valence-corrected chi connectivity index (χ2v) is 8.27. The number of methoxy groups -OCH3 is 2. The van der Waals surface area contributed by atoms with Crippen LogP contribution in [0.5, 0.6) is 11.5 Å². The van der Waals surface area contributed by atoms with E-state index in [4.69, 9.17) is 14.2 Å². The lowest BCUT2D eigenvalue weighted by molar-refractivity contribution is -0.117. The molecule has 0 aliphatic carbocycles. The molecule has 1 aliphatic rings. The van der Waals surface area contributed by atoms with Crippen molar-refractivity contribution >= 4 is 23.5 Å². The van der Waals surface area contributed by atoms with Crippen LogP contribution in [-0.4, -0.2) is 43.5 Å². The molecule has 1 aliphatic heterocycles. The van der Waals surface area contributed by atoms with Gasteiger partial charge in [0.25, 0.3) is 5.91 Å². The zero-order chi connectivity index (χ0) is 25.7. The summed E-state index contributed by atoms with van der Waals surface area (Å²) in [6.07, 6.45) is 0.0227. The molecule has 8 heteroatoms. The van der Waals surface area contributed by atoms with Gasteiger partial charge < -0.3 is 24.4 Å². The molecule has 0 bridgehead atoms. The number of carbonyl (C=O) groups excluding carboxylic acids is 3. The van der Waals surface area contributed by atoms with E-state index in [0.717, 1.165) is 11.1 Å². The largest absolute Gasteiger partial charge is 0.493 e. The van der Waals surface area contributed by atoms with E-state index in [1.54, 1.807) is 68.5 Å². The molecule has 0 radical (unpaired) electrons. The fourth-order valence-corrected chi connectivity index (χ4v) is 4.29. The van der Waals surface area contributed by atoms with Gasteiger partial charge in [-0.05, 0) is 60.5 Å². The van der Waals surface area contributed by atoms with Crippen LogP contribution in [0.1, 0.15) is 51.2 Å². The van der Waals surface area contributed by atoms with Gasteiger partial charge in [-0.25, -0.2) is 4.79 Å². The van der Waals surface area contributed by atoms with Crippen LogP contribution < -0.4 is 14.8 Å². The molecule has 1 heterocycles. The summed E-state index contributed by atoms with van der Waals surface area (Å²) >= 11 is 0. The number of fused-ring (bicyclic) bond motifs is 1. The maximum atomic E-state index is 13.3. The van der Waals surface area contributed by atoms with Crippen LogP contribution in [0.4, 0.5) is 5.69 Å². The number of benzene rings is 3. The standard InChI is InChI=1S/C28H28N2O6/c1-4-36-28(33)18-9-12-21(13-10-18)29-26(31)16-23(19-11-14-24(34-2)25(15-19)35-3)30-17-20-7-5-6-8-22(20)27(30)32/h5-15,23H,4,16-17H2,1-3H3,(H,29,31)/t23-/m0/s1. The van der Waals surface area contributed by atoms with Crippen molar-refractivity contribution < 1.29 is 28.6 Å². The highest BCUT2D eigenvalue weighted by molar-refractivity contribution is 5.99. The van der Waals surface area contributed by atoms with Crippen molar-refractivity contribution in [1.29, 1.82) is 0 Å². The summed E-state index contributed by atoms with van der Waals surface area (Å²) < 4.78 is 15.8. The number of carbonyl (C=O) groups is 3.